The zero-order chi connectivity index (χ0) is 82.0. The van der Waals surface area contributed by atoms with Crippen molar-refractivity contribution in [1.82, 2.24) is 49.4 Å². The maximum atomic E-state index is 14.3. The number of nitrogens with zero attached hydrogens (tertiary/aromatic N) is 7. The molecule has 0 unspecified atom stereocenters. The molecule has 602 valence electrons. The SMILES string of the molecule is COc1cc2[nH]c(C)cc2cc1C(=O)N1C[C@H](C)N(C(c2ccccc2)c2ccccc2)C[C@H]1C.COc1cc2[nH]c(C)cc2cc1C(=O)O.COc1cc2c(cc1C(=O)N1C[C@H](C)N(C(c3ccccc3)c3ccccc3)C[C@H]1C)c(C(=O)C(=O)N1CCCC1)c(C)n2N.C[C@@H]1CN(C(c2ccccc2)c2ccccc2)[C@@H](C)CN1. The first-order chi connectivity index (χ1) is 56.0. The molecule has 6 atom stereocenters. The van der Waals surface area contributed by atoms with Gasteiger partial charge in [-0.3, -0.25) is 38.6 Å². The lowest BCUT2D eigenvalue weighted by Crippen LogP contribution is -2.58. The molecule has 3 amide bonds. The van der Waals surface area contributed by atoms with Gasteiger partial charge in [-0.1, -0.05) is 182 Å². The Kier molecular flexibility index (Phi) is 26.0. The number of ether oxygens (including phenoxy) is 3. The lowest BCUT2D eigenvalue weighted by molar-refractivity contribution is -0.125. The van der Waals surface area contributed by atoms with Crippen molar-refractivity contribution in [3.63, 3.8) is 0 Å². The van der Waals surface area contributed by atoms with Crippen LogP contribution in [0.4, 0.5) is 0 Å². The predicted octanol–water partition coefficient (Wildman–Crippen LogP) is 16.3. The third kappa shape index (κ3) is 17.8. The Bertz CT molecular complexity index is 5270. The van der Waals surface area contributed by atoms with Crippen molar-refractivity contribution in [2.75, 3.05) is 79.5 Å². The number of aromatic carboxylic acids is 1. The zero-order valence-electron chi connectivity index (χ0n) is 68.6. The average molecular weight is 1560 g/mol. The van der Waals surface area contributed by atoms with Gasteiger partial charge in [0.15, 0.2) is 0 Å². The Balaban J connectivity index is 0.000000145. The summed E-state index contributed by atoms with van der Waals surface area (Å²) >= 11 is 0. The van der Waals surface area contributed by atoms with Gasteiger partial charge >= 0.3 is 5.97 Å². The van der Waals surface area contributed by atoms with Crippen molar-refractivity contribution >= 4 is 62.2 Å². The molecule has 20 heteroatoms. The number of fused-ring (bicyclic) bond motifs is 3. The Hall–Kier alpha value is -11.8. The molecule has 12 aromatic rings. The fourth-order valence-electron chi connectivity index (χ4n) is 17.4. The number of rotatable bonds is 17. The smallest absolute Gasteiger partial charge is 0.339 e. The summed E-state index contributed by atoms with van der Waals surface area (Å²) in [6, 6.07) is 80.3. The first kappa shape index (κ1) is 82.2. The van der Waals surface area contributed by atoms with Crippen molar-refractivity contribution < 1.29 is 43.3 Å². The van der Waals surface area contributed by atoms with Gasteiger partial charge in [0.05, 0.1) is 61.7 Å². The molecule has 116 heavy (non-hydrogen) atoms. The number of aromatic nitrogens is 3. The van der Waals surface area contributed by atoms with Crippen molar-refractivity contribution in [1.29, 1.82) is 0 Å². The molecule has 3 aromatic heterocycles. The Morgan fingerprint density at radius 3 is 1.16 bits per heavy atom. The van der Waals surface area contributed by atoms with Gasteiger partial charge in [-0.05, 0) is 139 Å². The molecule has 4 saturated heterocycles. The molecule has 0 aliphatic carbocycles. The Morgan fingerprint density at radius 1 is 0.431 bits per heavy atom. The van der Waals surface area contributed by atoms with Crippen LogP contribution in [0.15, 0.2) is 231 Å². The summed E-state index contributed by atoms with van der Waals surface area (Å²) < 4.78 is 17.8. The number of piperazine rings is 3. The number of aromatic amines is 2. The number of carboxylic acids is 1. The number of carboxylic acid groups (broad SMARTS) is 1. The van der Waals surface area contributed by atoms with E-state index in [-0.39, 0.29) is 59.2 Å². The Morgan fingerprint density at radius 2 is 0.784 bits per heavy atom. The monoisotopic (exact) mass is 1560 g/mol. The minimum Gasteiger partial charge on any atom is -0.496 e. The number of hydrogen-bond donors (Lipinski definition) is 5. The summed E-state index contributed by atoms with van der Waals surface area (Å²) in [7, 11) is 4.61. The number of aryl methyl sites for hydroxylation is 2. The molecule has 4 fully saturated rings. The minimum atomic E-state index is -0.979. The van der Waals surface area contributed by atoms with Gasteiger partial charge in [0.1, 0.15) is 22.8 Å². The van der Waals surface area contributed by atoms with Crippen LogP contribution in [0.25, 0.3) is 32.7 Å². The van der Waals surface area contributed by atoms with Gasteiger partial charge in [0, 0.05) is 151 Å². The number of carbonyl (C=O) groups excluding carboxylic acids is 4. The highest BCUT2D eigenvalue weighted by molar-refractivity contribution is 6.45. The van der Waals surface area contributed by atoms with Crippen LogP contribution in [0.3, 0.4) is 0 Å². The average Bonchev–Trinajstić information content (AvgIpc) is 1.56. The van der Waals surface area contributed by atoms with E-state index in [4.69, 9.17) is 25.2 Å². The molecule has 6 N–H and O–H groups in total. The number of carbonyl (C=O) groups is 5. The second-order valence-corrected chi connectivity index (χ2v) is 31.4. The zero-order valence-corrected chi connectivity index (χ0v) is 68.6. The summed E-state index contributed by atoms with van der Waals surface area (Å²) in [5, 5.41) is 14.9. The fraction of sp³-hybridized carbons (Fsp3) is 0.323. The molecule has 9 aromatic carbocycles. The van der Waals surface area contributed by atoms with Crippen molar-refractivity contribution in [3.05, 3.63) is 303 Å². The summed E-state index contributed by atoms with van der Waals surface area (Å²) in [5.74, 6) is 5.47. The molecule has 0 spiro atoms. The van der Waals surface area contributed by atoms with Gasteiger partial charge in [-0.25, -0.2) is 4.79 Å². The van der Waals surface area contributed by atoms with Crippen LogP contribution >= 0.6 is 0 Å². The third-order valence-corrected chi connectivity index (χ3v) is 23.3. The van der Waals surface area contributed by atoms with Crippen LogP contribution in [-0.2, 0) is 4.79 Å². The van der Waals surface area contributed by atoms with Gasteiger partial charge in [0.25, 0.3) is 23.5 Å². The van der Waals surface area contributed by atoms with Crippen LogP contribution < -0.4 is 25.4 Å². The van der Waals surface area contributed by atoms with E-state index in [1.807, 2.05) is 54.0 Å². The van der Waals surface area contributed by atoms with E-state index in [0.717, 1.165) is 65.7 Å². The third-order valence-electron chi connectivity index (χ3n) is 23.3. The van der Waals surface area contributed by atoms with E-state index in [0.29, 0.717) is 95.8 Å². The molecular formula is C96H109N11O9. The molecule has 4 aliphatic heterocycles. The number of amides is 3. The summed E-state index contributed by atoms with van der Waals surface area (Å²) in [4.78, 5) is 85.4. The van der Waals surface area contributed by atoms with Gasteiger partial charge in [-0.15, -0.1) is 0 Å². The second-order valence-electron chi connectivity index (χ2n) is 31.4. The molecular weight excluding hydrogens is 1450 g/mol. The molecule has 16 rings (SSSR count). The van der Waals surface area contributed by atoms with Crippen molar-refractivity contribution in [2.24, 2.45) is 0 Å². The van der Waals surface area contributed by atoms with E-state index >= 15 is 0 Å². The number of benzene rings is 9. The van der Waals surface area contributed by atoms with E-state index in [1.54, 1.807) is 43.2 Å². The number of nitrogens with one attached hydrogen (secondary N) is 3. The van der Waals surface area contributed by atoms with Crippen LogP contribution in [0.1, 0.15) is 164 Å². The summed E-state index contributed by atoms with van der Waals surface area (Å²) in [6.45, 7) is 24.7. The topological polar surface area (TPSA) is 227 Å². The molecule has 20 nitrogen and oxygen atoms in total. The quantitative estimate of drug-likeness (QED) is 0.0325. The van der Waals surface area contributed by atoms with Crippen LogP contribution in [-0.4, -0.2) is 189 Å². The largest absolute Gasteiger partial charge is 0.496 e. The number of Topliss-reactive ketones (excluding diaryl/α,β-unsaturated/α-hetero) is 1. The molecule has 0 saturated carbocycles. The predicted molar refractivity (Wildman–Crippen MR) is 461 cm³/mol. The molecule has 0 radical (unpaired) electrons. The highest BCUT2D eigenvalue weighted by Gasteiger charge is 2.41. The lowest BCUT2D eigenvalue weighted by atomic mass is 9.93. The number of nitrogens with two attached hydrogens (primary N) is 1. The second kappa shape index (κ2) is 36.8. The van der Waals surface area contributed by atoms with Crippen LogP contribution in [0, 0.1) is 20.8 Å². The number of ketones is 1. The van der Waals surface area contributed by atoms with Gasteiger partial charge in [0.2, 0.25) is 0 Å². The first-order valence-corrected chi connectivity index (χ1v) is 40.4. The van der Waals surface area contributed by atoms with Crippen molar-refractivity contribution in [3.8, 4) is 17.2 Å². The number of likely N-dealkylation sites (tertiary alicyclic amines) is 1. The highest BCUT2D eigenvalue weighted by Crippen LogP contribution is 2.40. The summed E-state index contributed by atoms with van der Waals surface area (Å²) in [6.07, 6.45) is 1.77. The normalized spacial score (nSPS) is 18.6. The van der Waals surface area contributed by atoms with Crippen LogP contribution in [0.5, 0.6) is 17.2 Å². The van der Waals surface area contributed by atoms with Crippen LogP contribution in [0.2, 0.25) is 0 Å². The fourth-order valence-corrected chi connectivity index (χ4v) is 17.4. The van der Waals surface area contributed by atoms with Gasteiger partial charge in [-0.2, -0.15) is 0 Å². The maximum Gasteiger partial charge on any atom is 0.339 e. The van der Waals surface area contributed by atoms with E-state index < -0.39 is 17.7 Å². The van der Waals surface area contributed by atoms with E-state index in [2.05, 4.69) is 247 Å². The minimum absolute atomic E-state index is 0.0255. The van der Waals surface area contributed by atoms with E-state index in [1.165, 1.54) is 52.3 Å². The highest BCUT2D eigenvalue weighted by atomic mass is 16.5. The number of hydrogen-bond acceptors (Lipinski definition) is 13. The van der Waals surface area contributed by atoms with Gasteiger partial charge < -0.3 is 55.1 Å². The standard InChI is InChI=1S/C36H41N5O4.C30H33N3O2.C19H24N2.C11H11NO3/c1-23-22-40(24(2)21-39(23)33(26-13-7-5-8-14-26)27-15-9-6-10-16-27)35(43)29-19-28-30(20-31(29)45-4)41(37)25(3)32(28)34(42)36(44)38-17-11-12-18-38;1-20-15-25-16-26(28(35-4)17-27(25)31-20)30(34)33-19-21(2)32(18-22(33)3)29(23-11-7-5-8-12-23)24-13-9-6-10-14-24;1-15-14-21(16(2)13-20-15)19(17-9-5-3-6-10-17)18-11-7-4-8-12-18;1-6-3-7-4-8(11(13)14)10(15-2)5-9(7)12-6/h5-10,13-16,19-20,23-24,33H,11-12,17-18,21-22,37H2,1-4H3;5-17,21-22,29,31H,18-19H2,1-4H3;3-12,15-16,19-20H,13-14H2,1-2H3;3-5,12H,1-2H3,(H,13,14)/t23-,24+;21-,22+;15-,16+;/m001./s1. The van der Waals surface area contributed by atoms with Crippen molar-refractivity contribution in [2.45, 2.75) is 130 Å². The maximum absolute atomic E-state index is 14.3. The first-order valence-electron chi connectivity index (χ1n) is 40.4. The lowest BCUT2D eigenvalue weighted by Gasteiger charge is -2.47. The number of methoxy groups -OCH3 is 3. The molecule has 0 bridgehead atoms. The van der Waals surface area contributed by atoms with E-state index in [9.17, 15) is 24.0 Å². The Labute approximate surface area is 680 Å². The number of H-pyrrole nitrogens is 2. The molecule has 7 heterocycles. The molecule has 4 aliphatic rings. The number of nitrogen functional groups attached to an aromatic ring is 1. The summed E-state index contributed by atoms with van der Waals surface area (Å²) in [5.41, 5.74) is 14.0.